The Bertz CT molecular complexity index is 4330. The molecule has 0 radical (unpaired) electrons. The highest BCUT2D eigenvalue weighted by molar-refractivity contribution is 6.11. The van der Waals surface area contributed by atoms with Gasteiger partial charge in [-0.05, 0) is 176 Å². The van der Waals surface area contributed by atoms with Crippen LogP contribution in [0, 0.1) is 32.6 Å². The van der Waals surface area contributed by atoms with Gasteiger partial charge in [-0.1, -0.05) is 13.8 Å². The van der Waals surface area contributed by atoms with Crippen LogP contribution in [0.5, 0.6) is 0 Å². The van der Waals surface area contributed by atoms with Crippen molar-refractivity contribution in [1.82, 2.24) is 23.3 Å². The normalized spacial score (nSPS) is 15.2. The molecule has 25 heteroatoms. The molecule has 4 amide bonds. The summed E-state index contributed by atoms with van der Waals surface area (Å²) in [6.07, 6.45) is 6.20. The molecule has 0 spiro atoms. The van der Waals surface area contributed by atoms with Gasteiger partial charge in [-0.25, -0.2) is 9.78 Å². The predicted octanol–water partition coefficient (Wildman–Crippen LogP) is 6.28. The van der Waals surface area contributed by atoms with Gasteiger partial charge in [0.1, 0.15) is 5.82 Å². The summed E-state index contributed by atoms with van der Waals surface area (Å²) >= 11 is 0. The maximum atomic E-state index is 13.1. The number of hydrogen-bond acceptors (Lipinski definition) is 14. The number of amides is 4. The number of carboxylic acids is 2. The number of pyridine rings is 3. The molecule has 532 valence electrons. The molecule has 0 bridgehead atoms. The first-order valence-electron chi connectivity index (χ1n) is 31.8. The van der Waals surface area contributed by atoms with Crippen LogP contribution >= 0.6 is 0 Å². The lowest BCUT2D eigenvalue weighted by Gasteiger charge is -2.20. The number of imidazole rings is 1. The number of aryl methyl sites for hydroxylation is 6. The van der Waals surface area contributed by atoms with Crippen molar-refractivity contribution in [3.63, 3.8) is 0 Å². The minimum atomic E-state index is -1.02. The summed E-state index contributed by atoms with van der Waals surface area (Å²) in [5, 5.41) is 19.0. The number of benzene rings is 3. The number of aromatic nitrogens is 5. The summed E-state index contributed by atoms with van der Waals surface area (Å²) in [5.74, 6) is -0.517. The second-order valence-electron chi connectivity index (χ2n) is 27.3. The van der Waals surface area contributed by atoms with Crippen molar-refractivity contribution < 1.29 is 78.6 Å². The fraction of sp³-hybridized carbons (Fsp3) is 0.452. The third kappa shape index (κ3) is 16.8. The Balaban J connectivity index is 0.000000285. The molecule has 3 aromatic carbocycles. The molecular weight excluding hydrogens is 1370 g/mol. The molecule has 0 fully saturated rings. The van der Waals surface area contributed by atoms with E-state index in [1.54, 1.807) is 81.7 Å². The van der Waals surface area contributed by atoms with Gasteiger partial charge in [0.2, 0.25) is 17.7 Å². The van der Waals surface area contributed by atoms with E-state index in [4.69, 9.17) is 39.9 Å². The van der Waals surface area contributed by atoms with E-state index in [-0.39, 0.29) is 83.2 Å². The number of fused-ring (bicyclic) bond motifs is 4. The molecule has 0 aliphatic carbocycles. The number of aromatic carboxylic acids is 1. The molecule has 0 saturated carbocycles. The number of ether oxygens (including phenoxy) is 3. The summed E-state index contributed by atoms with van der Waals surface area (Å²) in [6.45, 7) is 25.9. The number of methoxy groups -OCH3 is 3. The molecule has 3 aliphatic rings. The topological polar surface area (TPSA) is 302 Å². The number of anilines is 5. The Hall–Kier alpha value is -8.79. The van der Waals surface area contributed by atoms with Crippen molar-refractivity contribution in [2.75, 3.05) is 88.0 Å². The van der Waals surface area contributed by atoms with Crippen molar-refractivity contribution in [2.45, 2.75) is 125 Å². The molecule has 4 aromatic heterocycles. The fourth-order valence-corrected chi connectivity index (χ4v) is 12.7. The number of aliphatic carboxylic acids is 1. The van der Waals surface area contributed by atoms with Crippen molar-refractivity contribution in [2.24, 2.45) is 33.0 Å². The molecule has 0 saturated heterocycles. The molecule has 10 rings (SSSR count). The van der Waals surface area contributed by atoms with Crippen LogP contribution in [0.1, 0.15) is 142 Å². The number of nitrogens with two attached hydrogens (primary N) is 1. The number of carbonyl (C=O) groups is 6. The first-order valence-corrected chi connectivity index (χ1v) is 31.8. The summed E-state index contributed by atoms with van der Waals surface area (Å²) < 4.78 is 22.3. The first-order chi connectivity index (χ1) is 45.1. The third-order valence-electron chi connectivity index (χ3n) is 17.9. The SMILES string of the molecule is CC(=O)O.COC[C@H](C)Cc1cc2c(cc1N)C(C)(C)C(=O)N2C.COC[C@H](C)Cc1cc2c(cc1NC(=O)c1cc(C)c(=O)n(C)c1)C(C)(C)C(=O)N2C.COC[C@H](C)n1c(-c2cc(C)c(=O)n(C)c2)nc2cc3c(cc21)N(C)C(=O)C3(C)C.Cc1cc(C(=O)O)cn(C)c1=O.[2HH].[I-]. The minimum Gasteiger partial charge on any atom is -1.00 e. The van der Waals surface area contributed by atoms with Crippen LogP contribution in [0.25, 0.3) is 22.4 Å². The smallest absolute Gasteiger partial charge is 0.337 e. The third-order valence-corrected chi connectivity index (χ3v) is 17.9. The zero-order valence-corrected chi connectivity index (χ0v) is 62.7. The maximum Gasteiger partial charge on any atom is 0.337 e. The van der Waals surface area contributed by atoms with Crippen molar-refractivity contribution in [3.8, 4) is 11.4 Å². The number of carboxylic acid groups (broad SMARTS) is 2. The lowest BCUT2D eigenvalue weighted by molar-refractivity contribution is -0.134. The van der Waals surface area contributed by atoms with Gasteiger partial charge in [0, 0.05) is 154 Å². The van der Waals surface area contributed by atoms with Gasteiger partial charge < -0.3 is 92.4 Å². The molecule has 3 aliphatic heterocycles. The molecule has 24 nitrogen and oxygen atoms in total. The Morgan fingerprint density at radius 1 is 0.561 bits per heavy atom. The number of carbonyl (C=O) groups excluding carboxylic acids is 4. The summed E-state index contributed by atoms with van der Waals surface area (Å²) in [5.41, 5.74) is 18.0. The van der Waals surface area contributed by atoms with Gasteiger partial charge in [-0.3, -0.25) is 38.4 Å². The highest BCUT2D eigenvalue weighted by atomic mass is 127. The number of nitrogen functional groups attached to an aromatic ring is 1. The fourth-order valence-electron chi connectivity index (χ4n) is 12.7. The molecule has 98 heavy (non-hydrogen) atoms. The van der Waals surface area contributed by atoms with E-state index >= 15 is 0 Å². The van der Waals surface area contributed by atoms with E-state index in [9.17, 15) is 38.4 Å². The molecule has 7 heterocycles. The van der Waals surface area contributed by atoms with E-state index in [1.807, 2.05) is 99.1 Å². The molecule has 5 N–H and O–H groups in total. The van der Waals surface area contributed by atoms with E-state index in [0.717, 1.165) is 86.3 Å². The van der Waals surface area contributed by atoms with E-state index in [0.29, 0.717) is 60.1 Å². The highest BCUT2D eigenvalue weighted by Gasteiger charge is 2.45. The highest BCUT2D eigenvalue weighted by Crippen LogP contribution is 2.47. The van der Waals surface area contributed by atoms with Crippen molar-refractivity contribution in [1.29, 1.82) is 0 Å². The van der Waals surface area contributed by atoms with Crippen molar-refractivity contribution >= 4 is 75.0 Å². The van der Waals surface area contributed by atoms with Crippen LogP contribution in [0.2, 0.25) is 0 Å². The van der Waals surface area contributed by atoms with Crippen LogP contribution in [-0.2, 0) is 83.6 Å². The number of nitrogens with one attached hydrogen (secondary N) is 1. The lowest BCUT2D eigenvalue weighted by atomic mass is 9.84. The summed E-state index contributed by atoms with van der Waals surface area (Å²) in [6, 6.07) is 16.9. The second-order valence-corrected chi connectivity index (χ2v) is 27.3. The number of halogens is 1. The zero-order valence-electron chi connectivity index (χ0n) is 60.5. The molecule has 7 aromatic rings. The van der Waals surface area contributed by atoms with Crippen LogP contribution < -0.4 is 66.4 Å². The van der Waals surface area contributed by atoms with Crippen LogP contribution in [-0.4, -0.2) is 131 Å². The predicted molar refractivity (Wildman–Crippen MR) is 381 cm³/mol. The van der Waals surface area contributed by atoms with E-state index in [1.165, 1.54) is 34.6 Å². The number of nitrogens with zero attached hydrogens (tertiary/aromatic N) is 8. The second kappa shape index (κ2) is 31.8. The van der Waals surface area contributed by atoms with Crippen molar-refractivity contribution in [3.05, 3.63) is 160 Å². The lowest BCUT2D eigenvalue weighted by Crippen LogP contribution is -3.00. The zero-order chi connectivity index (χ0) is 73.0. The Morgan fingerprint density at radius 2 is 0.949 bits per heavy atom. The average molecular weight is 1470 g/mol. The van der Waals surface area contributed by atoms with Gasteiger partial charge in [0.25, 0.3) is 28.6 Å². The first kappa shape index (κ1) is 79.9. The van der Waals surface area contributed by atoms with Gasteiger partial charge in [-0.2, -0.15) is 0 Å². The van der Waals surface area contributed by atoms with Gasteiger partial charge in [0.15, 0.2) is 0 Å². The number of likely N-dealkylation sites (N-methyl/N-ethyl adjacent to an activating group) is 3. The Morgan fingerprint density at radius 3 is 1.39 bits per heavy atom. The molecule has 3 atom stereocenters. The summed E-state index contributed by atoms with van der Waals surface area (Å²) in [7, 11) is 15.4. The molecule has 0 unspecified atom stereocenters. The van der Waals surface area contributed by atoms with Gasteiger partial charge in [0.05, 0.1) is 51.1 Å². The van der Waals surface area contributed by atoms with Gasteiger partial charge >= 0.3 is 5.97 Å². The van der Waals surface area contributed by atoms with Gasteiger partial charge in [-0.15, -0.1) is 0 Å². The monoisotopic (exact) mass is 1470 g/mol. The Labute approximate surface area is 591 Å². The maximum absolute atomic E-state index is 13.1. The van der Waals surface area contributed by atoms with Crippen LogP contribution in [0.15, 0.2) is 87.6 Å². The van der Waals surface area contributed by atoms with E-state index in [2.05, 4.69) is 42.8 Å². The standard InChI is InChI=1S/C24H31N3O4.C23H28N4O3.C16H24N2O2.C8H9NO3.C2H4O2.HI.H2/c1-14(13-31-7)8-16-10-20-18(24(3,4)23(30)27(20)6)11-19(16)25-21(28)17-9-15(2)22(29)26(5)12-17;1-13-8-15(11-25(5)21(13)28)20-24-17-9-16-18(26(6)22(29)23(16,3)4)10-19(17)27(20)14(2)12-30-7;1-10(9-20-5)6-11-7-14-12(8-13(11)17)16(2,3)15(19)18(14)4;1-5-3-6(8(11)12)4-9(2)7(5)10;1-2(3)4;;/h9-12,14H,8,13H2,1-7H3,(H,25,28);8-11,14H,12H2,1-7H3;7-8,10H,6,9,17H2,1-5H3;3-4H,1-2H3,(H,11,12);1H3,(H,3,4);2*1H/p-1/t2*14-;10-;;;;/m101..../s1/i;;;;;;1+1. The minimum absolute atomic E-state index is 0. The average Bonchev–Trinajstić information content (AvgIpc) is 1.59. The number of hydrogen-bond donors (Lipinski definition) is 4. The van der Waals surface area contributed by atoms with Crippen LogP contribution in [0.3, 0.4) is 0 Å². The van der Waals surface area contributed by atoms with E-state index < -0.39 is 28.2 Å². The Kier molecular flexibility index (Phi) is 25.9. The molecular formula is C73H98IN10O14-. The largest absolute Gasteiger partial charge is 1.00 e. The summed E-state index contributed by atoms with van der Waals surface area (Å²) in [4.78, 5) is 116. The quantitative estimate of drug-likeness (QED) is 0.0649. The van der Waals surface area contributed by atoms with Crippen LogP contribution in [0.4, 0.5) is 28.4 Å². The number of rotatable bonds is 15.